The molecule has 1 aromatic carbocycles. The summed E-state index contributed by atoms with van der Waals surface area (Å²) < 4.78 is 7.01. The molecule has 0 unspecified atom stereocenters. The Bertz CT molecular complexity index is 617. The summed E-state index contributed by atoms with van der Waals surface area (Å²) in [6.07, 6.45) is 3.63. The molecule has 1 atom stereocenters. The number of carbonyl (C=O) groups excluding carboxylic acids is 1. The quantitative estimate of drug-likeness (QED) is 0.892. The van der Waals surface area contributed by atoms with Gasteiger partial charge in [0.05, 0.1) is 12.6 Å². The molecule has 0 aliphatic rings. The Morgan fingerprint density at radius 2 is 2.00 bits per heavy atom. The first-order valence-electron chi connectivity index (χ1n) is 7.39. The van der Waals surface area contributed by atoms with Crippen LogP contribution in [0, 0.1) is 5.92 Å². The molecule has 0 saturated heterocycles. The van der Waals surface area contributed by atoms with E-state index >= 15 is 0 Å². The Labute approximate surface area is 131 Å². The molecule has 0 bridgehead atoms. The Morgan fingerprint density at radius 3 is 2.50 bits per heavy atom. The average Bonchev–Trinajstić information content (AvgIpc) is 2.91. The van der Waals surface area contributed by atoms with Gasteiger partial charge in [-0.05, 0) is 23.6 Å². The normalized spacial score (nSPS) is 12.4. The molecule has 22 heavy (non-hydrogen) atoms. The molecule has 1 aromatic heterocycles. The van der Waals surface area contributed by atoms with Gasteiger partial charge < -0.3 is 14.6 Å². The second-order valence-corrected chi connectivity index (χ2v) is 5.72. The second kappa shape index (κ2) is 7.22. The second-order valence-electron chi connectivity index (χ2n) is 5.72. The van der Waals surface area contributed by atoms with Crippen molar-refractivity contribution in [3.63, 3.8) is 0 Å². The van der Waals surface area contributed by atoms with E-state index in [1.54, 1.807) is 13.3 Å². The van der Waals surface area contributed by atoms with E-state index in [-0.39, 0.29) is 17.9 Å². The predicted molar refractivity (Wildman–Crippen MR) is 85.4 cm³/mol. The number of hydrogen-bond acceptors (Lipinski definition) is 3. The van der Waals surface area contributed by atoms with Crippen LogP contribution in [0.2, 0.25) is 0 Å². The molecule has 1 N–H and O–H groups in total. The van der Waals surface area contributed by atoms with Crippen molar-refractivity contribution in [2.24, 2.45) is 13.0 Å². The zero-order valence-corrected chi connectivity index (χ0v) is 13.5. The van der Waals surface area contributed by atoms with Crippen LogP contribution in [0.5, 0.6) is 0 Å². The number of nitrogens with zero attached hydrogens (tertiary/aromatic N) is 2. The first-order chi connectivity index (χ1) is 10.5. The molecule has 118 valence electrons. The third-order valence-electron chi connectivity index (χ3n) is 3.62. The molecule has 2 rings (SSSR count). The van der Waals surface area contributed by atoms with E-state index in [9.17, 15) is 4.79 Å². The van der Waals surface area contributed by atoms with Crippen LogP contribution in [0.15, 0.2) is 36.7 Å². The Balaban J connectivity index is 2.13. The summed E-state index contributed by atoms with van der Waals surface area (Å²) in [5.41, 5.74) is 1.68. The number of aryl methyl sites for hydroxylation is 1. The van der Waals surface area contributed by atoms with Crippen molar-refractivity contribution in [3.05, 3.63) is 53.6 Å². The highest BCUT2D eigenvalue weighted by Crippen LogP contribution is 2.20. The fourth-order valence-electron chi connectivity index (χ4n) is 2.35. The van der Waals surface area contributed by atoms with Crippen molar-refractivity contribution < 1.29 is 9.53 Å². The van der Waals surface area contributed by atoms with Crippen LogP contribution in [-0.4, -0.2) is 22.6 Å². The number of aromatic nitrogens is 2. The lowest BCUT2D eigenvalue weighted by Gasteiger charge is -2.22. The van der Waals surface area contributed by atoms with Crippen LogP contribution in [0.4, 0.5) is 0 Å². The lowest BCUT2D eigenvalue weighted by molar-refractivity contribution is 0.0922. The molecule has 5 nitrogen and oxygen atoms in total. The van der Waals surface area contributed by atoms with E-state index in [1.165, 1.54) is 0 Å². The van der Waals surface area contributed by atoms with Gasteiger partial charge in [-0.15, -0.1) is 0 Å². The zero-order chi connectivity index (χ0) is 16.1. The van der Waals surface area contributed by atoms with Gasteiger partial charge in [-0.25, -0.2) is 4.98 Å². The number of amides is 1. The summed E-state index contributed by atoms with van der Waals surface area (Å²) in [5, 5.41) is 3.07. The SMILES string of the molecule is COCc1ccc(C(=O)N[C@@H](c2nccn2C)C(C)C)cc1. The van der Waals surface area contributed by atoms with Crippen molar-refractivity contribution >= 4 is 5.91 Å². The van der Waals surface area contributed by atoms with E-state index in [0.29, 0.717) is 12.2 Å². The maximum absolute atomic E-state index is 12.5. The molecule has 5 heteroatoms. The monoisotopic (exact) mass is 301 g/mol. The number of benzene rings is 1. The Hall–Kier alpha value is -2.14. The van der Waals surface area contributed by atoms with Gasteiger partial charge in [-0.1, -0.05) is 26.0 Å². The van der Waals surface area contributed by atoms with Crippen LogP contribution in [0.3, 0.4) is 0 Å². The standard InChI is InChI=1S/C17H23N3O2/c1-12(2)15(16-18-9-10-20(16)3)19-17(21)14-7-5-13(6-8-14)11-22-4/h5-10,12,15H,11H2,1-4H3,(H,19,21)/t15-/m1/s1. The van der Waals surface area contributed by atoms with E-state index in [0.717, 1.165) is 11.4 Å². The lowest BCUT2D eigenvalue weighted by atomic mass is 10.0. The van der Waals surface area contributed by atoms with Gasteiger partial charge in [0.15, 0.2) is 0 Å². The molecule has 0 aliphatic heterocycles. The van der Waals surface area contributed by atoms with Gasteiger partial charge in [-0.3, -0.25) is 4.79 Å². The van der Waals surface area contributed by atoms with Crippen LogP contribution in [0.25, 0.3) is 0 Å². The Kier molecular flexibility index (Phi) is 5.33. The highest BCUT2D eigenvalue weighted by Gasteiger charge is 2.22. The van der Waals surface area contributed by atoms with E-state index < -0.39 is 0 Å². The van der Waals surface area contributed by atoms with Gasteiger partial charge >= 0.3 is 0 Å². The molecule has 0 radical (unpaired) electrons. The van der Waals surface area contributed by atoms with Gasteiger partial charge in [0, 0.05) is 32.1 Å². The molecule has 2 aromatic rings. The van der Waals surface area contributed by atoms with Crippen molar-refractivity contribution in [2.75, 3.05) is 7.11 Å². The van der Waals surface area contributed by atoms with Gasteiger partial charge in [-0.2, -0.15) is 0 Å². The van der Waals surface area contributed by atoms with Gasteiger partial charge in [0.2, 0.25) is 0 Å². The molecule has 0 spiro atoms. The summed E-state index contributed by atoms with van der Waals surface area (Å²) in [6.45, 7) is 4.69. The van der Waals surface area contributed by atoms with Crippen molar-refractivity contribution in [1.82, 2.24) is 14.9 Å². The van der Waals surface area contributed by atoms with Crippen molar-refractivity contribution in [2.45, 2.75) is 26.5 Å². The third kappa shape index (κ3) is 3.74. The van der Waals surface area contributed by atoms with Crippen molar-refractivity contribution in [3.8, 4) is 0 Å². The number of nitrogens with one attached hydrogen (secondary N) is 1. The number of rotatable bonds is 6. The summed E-state index contributed by atoms with van der Waals surface area (Å²) >= 11 is 0. The van der Waals surface area contributed by atoms with Crippen molar-refractivity contribution in [1.29, 1.82) is 0 Å². The molecular formula is C17H23N3O2. The zero-order valence-electron chi connectivity index (χ0n) is 13.5. The number of imidazole rings is 1. The minimum Gasteiger partial charge on any atom is -0.380 e. The molecule has 0 aliphatic carbocycles. The number of methoxy groups -OCH3 is 1. The predicted octanol–water partition coefficient (Wildman–Crippen LogP) is 2.69. The minimum absolute atomic E-state index is 0.0920. The molecule has 0 saturated carbocycles. The number of carbonyl (C=O) groups is 1. The Morgan fingerprint density at radius 1 is 1.32 bits per heavy atom. The number of ether oxygens (including phenoxy) is 1. The van der Waals surface area contributed by atoms with Gasteiger partial charge in [0.25, 0.3) is 5.91 Å². The van der Waals surface area contributed by atoms with E-state index in [1.807, 2.05) is 42.1 Å². The highest BCUT2D eigenvalue weighted by atomic mass is 16.5. The summed E-state index contributed by atoms with van der Waals surface area (Å²) in [5.74, 6) is 1.02. The largest absolute Gasteiger partial charge is 0.380 e. The van der Waals surface area contributed by atoms with Gasteiger partial charge in [0.1, 0.15) is 5.82 Å². The fraction of sp³-hybridized carbons (Fsp3) is 0.412. The minimum atomic E-state index is -0.119. The smallest absolute Gasteiger partial charge is 0.251 e. The summed E-state index contributed by atoms with van der Waals surface area (Å²) in [4.78, 5) is 16.8. The van der Waals surface area contributed by atoms with E-state index in [4.69, 9.17) is 4.74 Å². The van der Waals surface area contributed by atoms with Crippen LogP contribution >= 0.6 is 0 Å². The first-order valence-corrected chi connectivity index (χ1v) is 7.39. The van der Waals surface area contributed by atoms with Crippen LogP contribution in [-0.2, 0) is 18.4 Å². The van der Waals surface area contributed by atoms with E-state index in [2.05, 4.69) is 24.1 Å². The molecular weight excluding hydrogens is 278 g/mol. The summed E-state index contributed by atoms with van der Waals surface area (Å²) in [7, 11) is 3.59. The summed E-state index contributed by atoms with van der Waals surface area (Å²) in [6, 6.07) is 7.33. The lowest BCUT2D eigenvalue weighted by Crippen LogP contribution is -2.33. The maximum atomic E-state index is 12.5. The highest BCUT2D eigenvalue weighted by molar-refractivity contribution is 5.94. The molecule has 1 amide bonds. The topological polar surface area (TPSA) is 56.1 Å². The van der Waals surface area contributed by atoms with Crippen LogP contribution < -0.4 is 5.32 Å². The maximum Gasteiger partial charge on any atom is 0.251 e. The first kappa shape index (κ1) is 16.2. The third-order valence-corrected chi connectivity index (χ3v) is 3.62. The molecule has 0 fully saturated rings. The molecule has 1 heterocycles. The average molecular weight is 301 g/mol. The fourth-order valence-corrected chi connectivity index (χ4v) is 2.35. The van der Waals surface area contributed by atoms with Crippen LogP contribution in [0.1, 0.15) is 41.6 Å². The number of hydrogen-bond donors (Lipinski definition) is 1.